The normalized spacial score (nSPS) is 10.5. The Morgan fingerprint density at radius 3 is 2.46 bits per heavy atom. The molecule has 0 aliphatic carbocycles. The molecule has 2 N–H and O–H groups in total. The van der Waals surface area contributed by atoms with E-state index in [1.807, 2.05) is 0 Å². The summed E-state index contributed by atoms with van der Waals surface area (Å²) in [4.78, 5) is 18.8. The van der Waals surface area contributed by atoms with Crippen LogP contribution in [0.4, 0.5) is 15.8 Å². The zero-order valence-corrected chi connectivity index (χ0v) is 14.0. The lowest BCUT2D eigenvalue weighted by molar-refractivity contribution is -0.384. The van der Waals surface area contributed by atoms with E-state index >= 15 is 0 Å². The van der Waals surface area contributed by atoms with Gasteiger partial charge in [0.15, 0.2) is 0 Å². The maximum atomic E-state index is 13.1. The Kier molecular flexibility index (Phi) is 4.94. The van der Waals surface area contributed by atoms with Crippen molar-refractivity contribution in [1.82, 2.24) is 9.97 Å². The zero-order valence-electron chi connectivity index (χ0n) is 13.2. The first-order chi connectivity index (χ1) is 12.4. The van der Waals surface area contributed by atoms with Gasteiger partial charge in [-0.2, -0.15) is 0 Å². The van der Waals surface area contributed by atoms with Crippen molar-refractivity contribution >= 4 is 23.0 Å². The lowest BCUT2D eigenvalue weighted by Crippen LogP contribution is -2.02. The number of hydrogen-bond donors (Lipinski definition) is 1. The molecule has 0 radical (unpaired) electrons. The number of nitrogens with two attached hydrogens (primary N) is 1. The van der Waals surface area contributed by atoms with Crippen LogP contribution >= 0.6 is 11.6 Å². The average Bonchev–Trinajstić information content (AvgIpc) is 2.60. The summed E-state index contributed by atoms with van der Waals surface area (Å²) in [5, 5.41) is 11.5. The molecule has 1 aromatic heterocycles. The second kappa shape index (κ2) is 7.32. The number of hydrogen-bond acceptors (Lipinski definition) is 6. The van der Waals surface area contributed by atoms with Gasteiger partial charge >= 0.3 is 0 Å². The van der Waals surface area contributed by atoms with Crippen LogP contribution in [0.15, 0.2) is 48.8 Å². The molecule has 0 unspecified atom stereocenters. The third-order valence-electron chi connectivity index (χ3n) is 3.47. The summed E-state index contributed by atoms with van der Waals surface area (Å²) < 4.78 is 18.8. The number of ether oxygens (including phenoxy) is 1. The number of nitrogens with zero attached hydrogens (tertiary/aromatic N) is 3. The molecule has 132 valence electrons. The molecular weight excluding hydrogens is 363 g/mol. The number of anilines is 1. The number of nitro groups is 1. The van der Waals surface area contributed by atoms with Crippen molar-refractivity contribution in [2.75, 3.05) is 5.73 Å². The first-order valence-electron chi connectivity index (χ1n) is 7.39. The highest BCUT2D eigenvalue weighted by Crippen LogP contribution is 2.34. The Labute approximate surface area is 152 Å². The molecule has 0 spiro atoms. The molecule has 0 atom stereocenters. The van der Waals surface area contributed by atoms with Crippen LogP contribution in [0.2, 0.25) is 5.02 Å². The van der Waals surface area contributed by atoms with Gasteiger partial charge in [0.25, 0.3) is 5.69 Å². The van der Waals surface area contributed by atoms with Gasteiger partial charge < -0.3 is 10.5 Å². The summed E-state index contributed by atoms with van der Waals surface area (Å²) in [5.74, 6) is 0.643. The van der Waals surface area contributed by atoms with Gasteiger partial charge in [0, 0.05) is 36.5 Å². The Bertz CT molecular complexity index is 949. The topological polar surface area (TPSA) is 104 Å². The van der Waals surface area contributed by atoms with E-state index in [0.717, 1.165) is 0 Å². The first kappa shape index (κ1) is 17.6. The van der Waals surface area contributed by atoms with E-state index in [9.17, 15) is 14.5 Å². The lowest BCUT2D eigenvalue weighted by atomic mass is 10.1. The molecular formula is C17H12ClFN4O3. The minimum Gasteiger partial charge on any atom is -0.457 e. The molecule has 9 heteroatoms. The summed E-state index contributed by atoms with van der Waals surface area (Å²) in [5.41, 5.74) is 5.91. The minimum absolute atomic E-state index is 0.0483. The van der Waals surface area contributed by atoms with Gasteiger partial charge in [-0.25, -0.2) is 14.4 Å². The van der Waals surface area contributed by atoms with Gasteiger partial charge in [0.2, 0.25) is 0 Å². The fourth-order valence-electron chi connectivity index (χ4n) is 2.25. The van der Waals surface area contributed by atoms with Crippen LogP contribution in [-0.2, 0) is 6.42 Å². The van der Waals surface area contributed by atoms with Gasteiger partial charge in [-0.05, 0) is 24.3 Å². The Balaban J connectivity index is 2.00. The van der Waals surface area contributed by atoms with E-state index in [-0.39, 0.29) is 17.8 Å². The second-order valence-electron chi connectivity index (χ2n) is 5.33. The smallest absolute Gasteiger partial charge is 0.292 e. The minimum atomic E-state index is -0.580. The van der Waals surface area contributed by atoms with Crippen molar-refractivity contribution in [2.24, 2.45) is 0 Å². The quantitative estimate of drug-likeness (QED) is 0.409. The number of aromatic nitrogens is 2. The van der Waals surface area contributed by atoms with Crippen LogP contribution in [-0.4, -0.2) is 14.9 Å². The van der Waals surface area contributed by atoms with Crippen molar-refractivity contribution in [3.63, 3.8) is 0 Å². The van der Waals surface area contributed by atoms with E-state index in [1.165, 1.54) is 48.8 Å². The third kappa shape index (κ3) is 4.04. The maximum Gasteiger partial charge on any atom is 0.292 e. The van der Waals surface area contributed by atoms with Gasteiger partial charge in [-0.1, -0.05) is 11.6 Å². The molecule has 3 aromatic rings. The molecule has 3 rings (SSSR count). The fraction of sp³-hybridized carbons (Fsp3) is 0.0588. The molecule has 0 bridgehead atoms. The monoisotopic (exact) mass is 374 g/mol. The van der Waals surface area contributed by atoms with E-state index in [2.05, 4.69) is 9.97 Å². The van der Waals surface area contributed by atoms with Crippen LogP contribution in [0.1, 0.15) is 11.4 Å². The largest absolute Gasteiger partial charge is 0.457 e. The number of benzene rings is 2. The highest BCUT2D eigenvalue weighted by atomic mass is 35.5. The lowest BCUT2D eigenvalue weighted by Gasteiger charge is -2.12. The summed E-state index contributed by atoms with van der Waals surface area (Å²) in [6, 6.07) is 8.03. The average molecular weight is 375 g/mol. The molecule has 1 heterocycles. The summed E-state index contributed by atoms with van der Waals surface area (Å²) in [7, 11) is 0. The summed E-state index contributed by atoms with van der Waals surface area (Å²) >= 11 is 5.77. The number of halogens is 2. The Morgan fingerprint density at radius 1 is 1.19 bits per heavy atom. The highest BCUT2D eigenvalue weighted by Gasteiger charge is 2.18. The van der Waals surface area contributed by atoms with Gasteiger partial charge in [0.1, 0.15) is 28.8 Å². The maximum absolute atomic E-state index is 13.1. The van der Waals surface area contributed by atoms with Crippen molar-refractivity contribution < 1.29 is 14.1 Å². The van der Waals surface area contributed by atoms with Gasteiger partial charge in [0.05, 0.1) is 9.95 Å². The molecule has 0 aliphatic heterocycles. The number of nitro benzene ring substituents is 1. The molecule has 2 aromatic carbocycles. The van der Waals surface area contributed by atoms with Gasteiger partial charge in [-0.3, -0.25) is 10.1 Å². The molecule has 0 saturated heterocycles. The molecule has 7 nitrogen and oxygen atoms in total. The molecule has 0 aliphatic rings. The van der Waals surface area contributed by atoms with Crippen molar-refractivity contribution in [3.8, 4) is 11.5 Å². The van der Waals surface area contributed by atoms with Crippen molar-refractivity contribution in [3.05, 3.63) is 81.1 Å². The predicted octanol–water partition coefficient (Wildman–Crippen LogP) is 4.14. The SMILES string of the molecule is Nc1cc(Oc2ccc(F)cc2)c(Cc2ncc(Cl)cn2)cc1[N+](=O)[O-]. The second-order valence-corrected chi connectivity index (χ2v) is 5.76. The van der Waals surface area contributed by atoms with Crippen LogP contribution in [0.25, 0.3) is 0 Å². The van der Waals surface area contributed by atoms with Crippen LogP contribution in [0, 0.1) is 15.9 Å². The molecule has 0 saturated carbocycles. The Hall–Kier alpha value is -3.26. The molecule has 0 fully saturated rings. The van der Waals surface area contributed by atoms with E-state index < -0.39 is 10.7 Å². The first-order valence-corrected chi connectivity index (χ1v) is 7.77. The van der Waals surface area contributed by atoms with E-state index in [4.69, 9.17) is 22.1 Å². The molecule has 0 amide bonds. The highest BCUT2D eigenvalue weighted by molar-refractivity contribution is 6.30. The summed E-state index contributed by atoms with van der Waals surface area (Å²) in [6.07, 6.45) is 3.01. The Morgan fingerprint density at radius 2 is 1.85 bits per heavy atom. The zero-order chi connectivity index (χ0) is 18.7. The van der Waals surface area contributed by atoms with Crippen molar-refractivity contribution in [2.45, 2.75) is 6.42 Å². The van der Waals surface area contributed by atoms with E-state index in [0.29, 0.717) is 27.9 Å². The number of rotatable bonds is 5. The standard InChI is InChI=1S/C17H12ClFN4O3/c18-11-8-21-17(22-9-11)6-10-5-15(23(24)25)14(20)7-16(10)26-13-3-1-12(19)2-4-13/h1-5,7-9H,6,20H2. The van der Waals surface area contributed by atoms with Crippen LogP contribution in [0.3, 0.4) is 0 Å². The van der Waals surface area contributed by atoms with E-state index in [1.54, 1.807) is 0 Å². The fourth-order valence-corrected chi connectivity index (χ4v) is 2.35. The summed E-state index contributed by atoms with van der Waals surface area (Å²) in [6.45, 7) is 0. The number of nitrogen functional groups attached to an aromatic ring is 1. The van der Waals surface area contributed by atoms with Crippen LogP contribution in [0.5, 0.6) is 11.5 Å². The van der Waals surface area contributed by atoms with Crippen molar-refractivity contribution in [1.29, 1.82) is 0 Å². The molecule has 26 heavy (non-hydrogen) atoms. The van der Waals surface area contributed by atoms with Gasteiger partial charge in [-0.15, -0.1) is 0 Å². The predicted molar refractivity (Wildman–Crippen MR) is 93.8 cm³/mol. The van der Waals surface area contributed by atoms with Crippen LogP contribution < -0.4 is 10.5 Å². The third-order valence-corrected chi connectivity index (χ3v) is 3.67.